The second kappa shape index (κ2) is 5.78. The first-order valence-electron chi connectivity index (χ1n) is 6.82. The Morgan fingerprint density at radius 3 is 2.73 bits per heavy atom. The van der Waals surface area contributed by atoms with Gasteiger partial charge in [0.05, 0.1) is 24.8 Å². The van der Waals surface area contributed by atoms with Gasteiger partial charge in [-0.3, -0.25) is 0 Å². The van der Waals surface area contributed by atoms with Crippen LogP contribution in [0.3, 0.4) is 0 Å². The maximum atomic E-state index is 9.44. The SMILES string of the molecule is COc1ccc(C(C#N)Cc2noc3cc(O)ccc23)cc1. The van der Waals surface area contributed by atoms with Crippen molar-refractivity contribution in [3.8, 4) is 17.6 Å². The summed E-state index contributed by atoms with van der Waals surface area (Å²) < 4.78 is 10.3. The summed E-state index contributed by atoms with van der Waals surface area (Å²) in [5, 5.41) is 23.7. The predicted octanol–water partition coefficient (Wildman–Crippen LogP) is 3.39. The van der Waals surface area contributed by atoms with Crippen molar-refractivity contribution >= 4 is 11.0 Å². The third-order valence-electron chi connectivity index (χ3n) is 3.60. The summed E-state index contributed by atoms with van der Waals surface area (Å²) in [5.41, 5.74) is 2.12. The summed E-state index contributed by atoms with van der Waals surface area (Å²) in [7, 11) is 1.60. The van der Waals surface area contributed by atoms with Gasteiger partial charge in [0.15, 0.2) is 5.58 Å². The van der Waals surface area contributed by atoms with E-state index in [0.29, 0.717) is 17.7 Å². The predicted molar refractivity (Wildman–Crippen MR) is 80.7 cm³/mol. The number of nitrogens with zero attached hydrogens (tertiary/aromatic N) is 2. The number of fused-ring (bicyclic) bond motifs is 1. The van der Waals surface area contributed by atoms with Gasteiger partial charge in [-0.05, 0) is 29.8 Å². The Kier molecular flexibility index (Phi) is 3.67. The van der Waals surface area contributed by atoms with E-state index >= 15 is 0 Å². The average molecular weight is 294 g/mol. The summed E-state index contributed by atoms with van der Waals surface area (Å²) in [4.78, 5) is 0. The number of benzene rings is 2. The first-order valence-corrected chi connectivity index (χ1v) is 6.82. The fourth-order valence-electron chi connectivity index (χ4n) is 2.39. The van der Waals surface area contributed by atoms with Gasteiger partial charge >= 0.3 is 0 Å². The van der Waals surface area contributed by atoms with E-state index in [1.807, 2.05) is 24.3 Å². The molecule has 1 N–H and O–H groups in total. The first-order chi connectivity index (χ1) is 10.7. The molecule has 22 heavy (non-hydrogen) atoms. The maximum Gasteiger partial charge on any atom is 0.170 e. The van der Waals surface area contributed by atoms with E-state index in [2.05, 4.69) is 11.2 Å². The van der Waals surface area contributed by atoms with E-state index in [1.165, 1.54) is 6.07 Å². The zero-order valence-corrected chi connectivity index (χ0v) is 12.0. The van der Waals surface area contributed by atoms with E-state index in [1.54, 1.807) is 19.2 Å². The molecule has 0 fully saturated rings. The fraction of sp³-hybridized carbons (Fsp3) is 0.176. The minimum Gasteiger partial charge on any atom is -0.508 e. The molecule has 1 aromatic heterocycles. The molecule has 0 amide bonds. The molecule has 0 saturated carbocycles. The van der Waals surface area contributed by atoms with Crippen LogP contribution in [0.2, 0.25) is 0 Å². The number of hydrogen-bond donors (Lipinski definition) is 1. The Morgan fingerprint density at radius 1 is 1.27 bits per heavy atom. The Balaban J connectivity index is 1.89. The standard InChI is InChI=1S/C17H14N2O3/c1-21-14-5-2-11(3-6-14)12(10-18)8-16-15-7-4-13(20)9-17(15)22-19-16/h2-7,9,12,20H,8H2,1H3. The molecular weight excluding hydrogens is 280 g/mol. The molecule has 0 aliphatic heterocycles. The Labute approximate surface area is 127 Å². The molecule has 3 aromatic rings. The molecule has 5 nitrogen and oxygen atoms in total. The molecule has 0 saturated heterocycles. The molecule has 0 aliphatic carbocycles. The molecule has 1 heterocycles. The van der Waals surface area contributed by atoms with Crippen LogP contribution in [0.15, 0.2) is 47.0 Å². The van der Waals surface area contributed by atoms with Crippen LogP contribution >= 0.6 is 0 Å². The average Bonchev–Trinajstić information content (AvgIpc) is 2.94. The van der Waals surface area contributed by atoms with Gasteiger partial charge in [-0.2, -0.15) is 5.26 Å². The fourth-order valence-corrected chi connectivity index (χ4v) is 2.39. The van der Waals surface area contributed by atoms with Crippen molar-refractivity contribution in [2.45, 2.75) is 12.3 Å². The van der Waals surface area contributed by atoms with Crippen LogP contribution in [-0.2, 0) is 6.42 Å². The minimum atomic E-state index is -0.326. The van der Waals surface area contributed by atoms with Gasteiger partial charge in [0, 0.05) is 17.9 Å². The lowest BCUT2D eigenvalue weighted by Gasteiger charge is -2.08. The smallest absolute Gasteiger partial charge is 0.170 e. The lowest BCUT2D eigenvalue weighted by atomic mass is 9.94. The summed E-state index contributed by atoms with van der Waals surface area (Å²) >= 11 is 0. The number of nitriles is 1. The van der Waals surface area contributed by atoms with E-state index in [4.69, 9.17) is 9.26 Å². The number of rotatable bonds is 4. The van der Waals surface area contributed by atoms with Gasteiger partial charge < -0.3 is 14.4 Å². The van der Waals surface area contributed by atoms with Crippen LogP contribution < -0.4 is 4.74 Å². The largest absolute Gasteiger partial charge is 0.508 e. The van der Waals surface area contributed by atoms with Crippen molar-refractivity contribution in [2.75, 3.05) is 7.11 Å². The molecule has 110 valence electrons. The zero-order chi connectivity index (χ0) is 15.5. The lowest BCUT2D eigenvalue weighted by molar-refractivity contribution is 0.414. The number of ether oxygens (including phenoxy) is 1. The van der Waals surface area contributed by atoms with Gasteiger partial charge in [0.2, 0.25) is 0 Å². The third kappa shape index (κ3) is 2.59. The first kappa shape index (κ1) is 14.0. The topological polar surface area (TPSA) is 79.3 Å². The number of phenols is 1. The van der Waals surface area contributed by atoms with Crippen molar-refractivity contribution < 1.29 is 14.4 Å². The molecule has 3 rings (SSSR count). The van der Waals surface area contributed by atoms with Crippen LogP contribution in [-0.4, -0.2) is 17.4 Å². The van der Waals surface area contributed by atoms with Gasteiger partial charge in [-0.25, -0.2) is 0 Å². The van der Waals surface area contributed by atoms with Gasteiger partial charge in [-0.1, -0.05) is 17.3 Å². The molecule has 5 heteroatoms. The third-order valence-corrected chi connectivity index (χ3v) is 3.60. The minimum absolute atomic E-state index is 0.127. The maximum absolute atomic E-state index is 9.44. The molecule has 0 spiro atoms. The number of aromatic hydroxyl groups is 1. The number of phenolic OH excluding ortho intramolecular Hbond substituents is 1. The summed E-state index contributed by atoms with van der Waals surface area (Å²) in [5.74, 6) is 0.554. The van der Waals surface area contributed by atoms with Crippen molar-refractivity contribution in [3.63, 3.8) is 0 Å². The van der Waals surface area contributed by atoms with Gasteiger partial charge in [0.1, 0.15) is 11.5 Å². The van der Waals surface area contributed by atoms with Crippen LogP contribution in [0.25, 0.3) is 11.0 Å². The van der Waals surface area contributed by atoms with Crippen LogP contribution in [0.4, 0.5) is 0 Å². The summed E-state index contributed by atoms with van der Waals surface area (Å²) in [6.45, 7) is 0. The van der Waals surface area contributed by atoms with Crippen molar-refractivity contribution in [3.05, 3.63) is 53.7 Å². The quantitative estimate of drug-likeness (QED) is 0.797. The van der Waals surface area contributed by atoms with E-state index < -0.39 is 0 Å². The highest BCUT2D eigenvalue weighted by Crippen LogP contribution is 2.28. The van der Waals surface area contributed by atoms with E-state index in [-0.39, 0.29) is 11.7 Å². The number of methoxy groups -OCH3 is 1. The molecular formula is C17H14N2O3. The number of hydrogen-bond acceptors (Lipinski definition) is 5. The van der Waals surface area contributed by atoms with Gasteiger partial charge in [-0.15, -0.1) is 0 Å². The summed E-state index contributed by atoms with van der Waals surface area (Å²) in [6.07, 6.45) is 0.445. The Hall–Kier alpha value is -3.00. The number of aromatic nitrogens is 1. The molecule has 0 bridgehead atoms. The van der Waals surface area contributed by atoms with Crippen LogP contribution in [0.1, 0.15) is 17.2 Å². The lowest BCUT2D eigenvalue weighted by Crippen LogP contribution is -2.01. The summed E-state index contributed by atoms with van der Waals surface area (Å²) in [6, 6.07) is 14.6. The van der Waals surface area contributed by atoms with Crippen LogP contribution in [0, 0.1) is 11.3 Å². The molecule has 0 radical (unpaired) electrons. The molecule has 2 aromatic carbocycles. The molecule has 0 aliphatic rings. The molecule has 1 atom stereocenters. The van der Waals surface area contributed by atoms with Crippen molar-refractivity contribution in [2.24, 2.45) is 0 Å². The highest BCUT2D eigenvalue weighted by molar-refractivity contribution is 5.80. The Bertz CT molecular complexity index is 831. The van der Waals surface area contributed by atoms with Gasteiger partial charge in [0.25, 0.3) is 0 Å². The van der Waals surface area contributed by atoms with E-state index in [9.17, 15) is 10.4 Å². The van der Waals surface area contributed by atoms with Crippen molar-refractivity contribution in [1.82, 2.24) is 5.16 Å². The Morgan fingerprint density at radius 2 is 2.05 bits per heavy atom. The van der Waals surface area contributed by atoms with E-state index in [0.717, 1.165) is 16.7 Å². The molecule has 1 unspecified atom stereocenters. The normalized spacial score (nSPS) is 12.0. The second-order valence-corrected chi connectivity index (χ2v) is 4.97. The monoisotopic (exact) mass is 294 g/mol. The zero-order valence-electron chi connectivity index (χ0n) is 12.0. The van der Waals surface area contributed by atoms with Crippen LogP contribution in [0.5, 0.6) is 11.5 Å². The van der Waals surface area contributed by atoms with Crippen molar-refractivity contribution in [1.29, 1.82) is 5.26 Å². The second-order valence-electron chi connectivity index (χ2n) is 4.97. The highest BCUT2D eigenvalue weighted by Gasteiger charge is 2.17. The highest BCUT2D eigenvalue weighted by atomic mass is 16.5.